The van der Waals surface area contributed by atoms with Gasteiger partial charge in [-0.2, -0.15) is 5.10 Å². The maximum absolute atomic E-state index is 12.4. The number of pyridine rings is 1. The summed E-state index contributed by atoms with van der Waals surface area (Å²) in [6, 6.07) is 5.91. The molecule has 4 rings (SSSR count). The average Bonchev–Trinajstić information content (AvgIpc) is 3.14. The van der Waals surface area contributed by atoms with Gasteiger partial charge in [0.2, 0.25) is 0 Å². The van der Waals surface area contributed by atoms with Gasteiger partial charge in [-0.05, 0) is 43.0 Å². The molecule has 2 N–H and O–H groups in total. The highest BCUT2D eigenvalue weighted by Crippen LogP contribution is 2.39. The number of H-pyrrole nitrogens is 1. The first-order valence-corrected chi connectivity index (χ1v) is 8.12. The van der Waals surface area contributed by atoms with Gasteiger partial charge in [0.25, 0.3) is 5.91 Å². The van der Waals surface area contributed by atoms with Gasteiger partial charge in [-0.3, -0.25) is 14.9 Å². The number of carbonyl (C=O) groups excluding carboxylic acids is 1. The van der Waals surface area contributed by atoms with Crippen molar-refractivity contribution in [2.75, 3.05) is 13.2 Å². The molecule has 1 aliphatic carbocycles. The first-order valence-electron chi connectivity index (χ1n) is 8.12. The molecule has 0 aromatic carbocycles. The summed E-state index contributed by atoms with van der Waals surface area (Å²) in [5, 5.41) is 10.2. The second kappa shape index (κ2) is 6.12. The molecule has 0 radical (unpaired) electrons. The standard InChI is InChI=1S/C17H20N4O2/c22-17(15-8-14(20-21-15)12-1-2-12)19-16-10-23-9-13(16)7-11-3-5-18-6-4-11/h3-6,8,12-13,16H,1-2,7,9-10H2,(H,19,22)(H,20,21)/t13-,16+/m1/s1. The van der Waals surface area contributed by atoms with Gasteiger partial charge < -0.3 is 10.1 Å². The maximum Gasteiger partial charge on any atom is 0.272 e. The van der Waals surface area contributed by atoms with Crippen molar-refractivity contribution >= 4 is 5.91 Å². The van der Waals surface area contributed by atoms with Crippen LogP contribution in [-0.4, -0.2) is 40.3 Å². The molecule has 0 bridgehead atoms. The van der Waals surface area contributed by atoms with Crippen LogP contribution in [0.3, 0.4) is 0 Å². The summed E-state index contributed by atoms with van der Waals surface area (Å²) >= 11 is 0. The fraction of sp³-hybridized carbons (Fsp3) is 0.471. The molecule has 0 unspecified atom stereocenters. The molecule has 2 fully saturated rings. The SMILES string of the molecule is O=C(N[C@H]1COC[C@H]1Cc1ccncc1)c1cc(C2CC2)[nH]n1. The van der Waals surface area contributed by atoms with Crippen molar-refractivity contribution < 1.29 is 9.53 Å². The van der Waals surface area contributed by atoms with Crippen LogP contribution in [-0.2, 0) is 11.2 Å². The number of nitrogens with zero attached hydrogens (tertiary/aromatic N) is 2. The molecule has 1 saturated heterocycles. The van der Waals surface area contributed by atoms with Gasteiger partial charge >= 0.3 is 0 Å². The number of nitrogens with one attached hydrogen (secondary N) is 2. The first kappa shape index (κ1) is 14.4. The van der Waals surface area contributed by atoms with Crippen molar-refractivity contribution in [1.29, 1.82) is 0 Å². The zero-order chi connectivity index (χ0) is 15.6. The minimum atomic E-state index is -0.122. The van der Waals surface area contributed by atoms with Gasteiger partial charge in [-0.1, -0.05) is 0 Å². The number of carbonyl (C=O) groups is 1. The number of ether oxygens (including phenoxy) is 1. The van der Waals surface area contributed by atoms with Crippen LogP contribution >= 0.6 is 0 Å². The minimum Gasteiger partial charge on any atom is -0.379 e. The molecule has 1 amide bonds. The average molecular weight is 312 g/mol. The molecule has 2 atom stereocenters. The van der Waals surface area contributed by atoms with E-state index in [2.05, 4.69) is 20.5 Å². The number of rotatable bonds is 5. The van der Waals surface area contributed by atoms with Crippen LogP contribution in [0.4, 0.5) is 0 Å². The maximum atomic E-state index is 12.4. The lowest BCUT2D eigenvalue weighted by atomic mass is 9.95. The molecule has 2 aliphatic rings. The van der Waals surface area contributed by atoms with E-state index >= 15 is 0 Å². The van der Waals surface area contributed by atoms with E-state index in [1.54, 1.807) is 12.4 Å². The summed E-state index contributed by atoms with van der Waals surface area (Å²) in [4.78, 5) is 16.4. The summed E-state index contributed by atoms with van der Waals surface area (Å²) in [7, 11) is 0. The molecule has 0 spiro atoms. The van der Waals surface area contributed by atoms with E-state index in [4.69, 9.17) is 4.74 Å². The fourth-order valence-electron chi connectivity index (χ4n) is 3.08. The van der Waals surface area contributed by atoms with E-state index < -0.39 is 0 Å². The normalized spacial score (nSPS) is 23.8. The lowest BCUT2D eigenvalue weighted by Gasteiger charge is -2.18. The van der Waals surface area contributed by atoms with Crippen LogP contribution in [0.5, 0.6) is 0 Å². The second-order valence-electron chi connectivity index (χ2n) is 6.42. The molecule has 120 valence electrons. The molecule has 2 aromatic rings. The van der Waals surface area contributed by atoms with Crippen LogP contribution in [0.1, 0.15) is 40.5 Å². The number of aromatic amines is 1. The van der Waals surface area contributed by atoms with Crippen LogP contribution in [0.25, 0.3) is 0 Å². The van der Waals surface area contributed by atoms with Crippen LogP contribution in [0, 0.1) is 5.92 Å². The van der Waals surface area contributed by atoms with Gasteiger partial charge in [0, 0.05) is 29.9 Å². The van der Waals surface area contributed by atoms with Crippen molar-refractivity contribution in [1.82, 2.24) is 20.5 Å². The van der Waals surface area contributed by atoms with Gasteiger partial charge in [0.1, 0.15) is 5.69 Å². The highest BCUT2D eigenvalue weighted by atomic mass is 16.5. The minimum absolute atomic E-state index is 0.0248. The molecule has 3 heterocycles. The predicted molar refractivity (Wildman–Crippen MR) is 84.1 cm³/mol. The van der Waals surface area contributed by atoms with Crippen LogP contribution < -0.4 is 5.32 Å². The van der Waals surface area contributed by atoms with E-state index in [0.717, 1.165) is 12.1 Å². The van der Waals surface area contributed by atoms with Crippen LogP contribution in [0.2, 0.25) is 0 Å². The Morgan fingerprint density at radius 1 is 1.30 bits per heavy atom. The summed E-state index contributed by atoms with van der Waals surface area (Å²) in [5.74, 6) is 0.727. The monoisotopic (exact) mass is 312 g/mol. The van der Waals surface area contributed by atoms with Gasteiger partial charge in [0.05, 0.1) is 19.3 Å². The molecule has 1 aliphatic heterocycles. The molecular formula is C17H20N4O2. The Labute approximate surface area is 134 Å². The van der Waals surface area contributed by atoms with Crippen molar-refractivity contribution in [2.45, 2.75) is 31.2 Å². The number of aromatic nitrogens is 3. The Bertz CT molecular complexity index is 681. The first-order chi connectivity index (χ1) is 11.3. The third kappa shape index (κ3) is 3.27. The van der Waals surface area contributed by atoms with Crippen molar-refractivity contribution in [3.8, 4) is 0 Å². The van der Waals surface area contributed by atoms with Crippen molar-refractivity contribution in [2.24, 2.45) is 5.92 Å². The Balaban J connectivity index is 1.39. The van der Waals surface area contributed by atoms with Gasteiger partial charge in [-0.15, -0.1) is 0 Å². The smallest absolute Gasteiger partial charge is 0.272 e. The Morgan fingerprint density at radius 3 is 2.91 bits per heavy atom. The number of hydrogen-bond acceptors (Lipinski definition) is 4. The topological polar surface area (TPSA) is 79.9 Å². The molecule has 1 saturated carbocycles. The Kier molecular flexibility index (Phi) is 3.83. The summed E-state index contributed by atoms with van der Waals surface area (Å²) in [5.41, 5.74) is 2.76. The predicted octanol–water partition coefficient (Wildman–Crippen LogP) is 1.67. The molecule has 6 heteroatoms. The zero-order valence-corrected chi connectivity index (χ0v) is 12.9. The fourth-order valence-corrected chi connectivity index (χ4v) is 3.08. The summed E-state index contributed by atoms with van der Waals surface area (Å²) in [6.07, 6.45) is 6.84. The van der Waals surface area contributed by atoms with Crippen molar-refractivity contribution in [3.05, 3.63) is 47.5 Å². The largest absolute Gasteiger partial charge is 0.379 e. The zero-order valence-electron chi connectivity index (χ0n) is 12.9. The summed E-state index contributed by atoms with van der Waals surface area (Å²) in [6.45, 7) is 1.22. The third-order valence-electron chi connectivity index (χ3n) is 4.61. The molecule has 23 heavy (non-hydrogen) atoms. The lowest BCUT2D eigenvalue weighted by molar-refractivity contribution is 0.0920. The molecule has 2 aromatic heterocycles. The second-order valence-corrected chi connectivity index (χ2v) is 6.42. The number of hydrogen-bond donors (Lipinski definition) is 2. The highest BCUT2D eigenvalue weighted by Gasteiger charge is 2.31. The van der Waals surface area contributed by atoms with E-state index in [1.807, 2.05) is 18.2 Å². The van der Waals surface area contributed by atoms with Crippen LogP contribution in [0.15, 0.2) is 30.6 Å². The van der Waals surface area contributed by atoms with E-state index in [0.29, 0.717) is 24.8 Å². The quantitative estimate of drug-likeness (QED) is 0.880. The molecular weight excluding hydrogens is 292 g/mol. The molecule has 6 nitrogen and oxygen atoms in total. The van der Waals surface area contributed by atoms with E-state index in [1.165, 1.54) is 18.4 Å². The van der Waals surface area contributed by atoms with E-state index in [-0.39, 0.29) is 17.9 Å². The lowest BCUT2D eigenvalue weighted by Crippen LogP contribution is -2.40. The number of amides is 1. The highest BCUT2D eigenvalue weighted by molar-refractivity contribution is 5.92. The van der Waals surface area contributed by atoms with Gasteiger partial charge in [-0.25, -0.2) is 0 Å². The van der Waals surface area contributed by atoms with Crippen molar-refractivity contribution in [3.63, 3.8) is 0 Å². The van der Waals surface area contributed by atoms with E-state index in [9.17, 15) is 4.79 Å². The van der Waals surface area contributed by atoms with Gasteiger partial charge in [0.15, 0.2) is 0 Å². The Morgan fingerprint density at radius 2 is 2.13 bits per heavy atom. The summed E-state index contributed by atoms with van der Waals surface area (Å²) < 4.78 is 5.57. The third-order valence-corrected chi connectivity index (χ3v) is 4.61. The Hall–Kier alpha value is -2.21.